The number of hydrogen-bond acceptors (Lipinski definition) is 4. The minimum atomic E-state index is -0.414. The van der Waals surface area contributed by atoms with Crippen LogP contribution in [0.25, 0.3) is 0 Å². The number of hydrogen-bond donors (Lipinski definition) is 1. The van der Waals surface area contributed by atoms with Gasteiger partial charge in [0.2, 0.25) is 0 Å². The molecule has 0 fully saturated rings. The first-order valence-corrected chi connectivity index (χ1v) is 6.58. The van der Waals surface area contributed by atoms with E-state index in [-0.39, 0.29) is 12.4 Å². The second-order valence-corrected chi connectivity index (χ2v) is 5.01. The third-order valence-electron chi connectivity index (χ3n) is 2.82. The maximum absolute atomic E-state index is 13.8. The Bertz CT molecular complexity index is 568. The van der Waals surface area contributed by atoms with Gasteiger partial charge in [-0.1, -0.05) is 19.9 Å². The fourth-order valence-electron chi connectivity index (χ4n) is 1.83. The highest BCUT2D eigenvalue weighted by Crippen LogP contribution is 2.19. The zero-order valence-electron chi connectivity index (χ0n) is 11.7. The van der Waals surface area contributed by atoms with Gasteiger partial charge in [-0.05, 0) is 23.6 Å². The second kappa shape index (κ2) is 6.47. The van der Waals surface area contributed by atoms with Crippen molar-refractivity contribution >= 4 is 0 Å². The van der Waals surface area contributed by atoms with Crippen LogP contribution < -0.4 is 10.5 Å². The van der Waals surface area contributed by atoms with E-state index in [1.54, 1.807) is 16.8 Å². The van der Waals surface area contributed by atoms with Gasteiger partial charge in [0.1, 0.15) is 12.9 Å². The topological polar surface area (TPSA) is 66.0 Å². The predicted octanol–water partition coefficient (Wildman–Crippen LogP) is 2.11. The molecule has 0 aliphatic carbocycles. The van der Waals surface area contributed by atoms with Crippen LogP contribution in [0.2, 0.25) is 0 Å². The predicted molar refractivity (Wildman–Crippen MR) is 73.5 cm³/mol. The number of benzene rings is 1. The summed E-state index contributed by atoms with van der Waals surface area (Å²) < 4.78 is 21.0. The van der Waals surface area contributed by atoms with Crippen LogP contribution >= 0.6 is 0 Å². The van der Waals surface area contributed by atoms with Gasteiger partial charge in [0, 0.05) is 13.1 Å². The van der Waals surface area contributed by atoms with Crippen molar-refractivity contribution < 1.29 is 9.13 Å². The second-order valence-electron chi connectivity index (χ2n) is 5.01. The Labute approximate surface area is 117 Å². The summed E-state index contributed by atoms with van der Waals surface area (Å²) in [5.74, 6) is 0.918. The lowest BCUT2D eigenvalue weighted by atomic mass is 10.2. The highest BCUT2D eigenvalue weighted by Gasteiger charge is 2.09. The van der Waals surface area contributed by atoms with E-state index in [9.17, 15) is 4.39 Å². The smallest absolute Gasteiger partial charge is 0.165 e. The highest BCUT2D eigenvalue weighted by atomic mass is 19.1. The fraction of sp³-hybridized carbons (Fsp3) is 0.429. The molecule has 0 aliphatic heterocycles. The molecule has 1 heterocycles. The zero-order chi connectivity index (χ0) is 14.5. The van der Waals surface area contributed by atoms with E-state index in [1.807, 2.05) is 0 Å². The van der Waals surface area contributed by atoms with Gasteiger partial charge >= 0.3 is 0 Å². The van der Waals surface area contributed by atoms with E-state index in [1.165, 1.54) is 12.4 Å². The van der Waals surface area contributed by atoms with Crippen LogP contribution in [-0.2, 0) is 19.7 Å². The van der Waals surface area contributed by atoms with Crippen LogP contribution in [0, 0.1) is 11.7 Å². The molecule has 108 valence electrons. The lowest BCUT2D eigenvalue weighted by Crippen LogP contribution is -2.12. The van der Waals surface area contributed by atoms with Crippen LogP contribution in [0.15, 0.2) is 24.5 Å². The van der Waals surface area contributed by atoms with Crippen molar-refractivity contribution in [1.29, 1.82) is 0 Å². The van der Waals surface area contributed by atoms with Gasteiger partial charge < -0.3 is 10.5 Å². The number of ether oxygens (including phenoxy) is 1. The molecule has 2 rings (SSSR count). The molecule has 0 unspecified atom stereocenters. The van der Waals surface area contributed by atoms with E-state index >= 15 is 0 Å². The maximum atomic E-state index is 13.8. The number of nitrogens with two attached hydrogens (primary N) is 1. The fourth-order valence-corrected chi connectivity index (χ4v) is 1.83. The molecule has 6 heteroatoms. The van der Waals surface area contributed by atoms with Gasteiger partial charge in [-0.15, -0.1) is 0 Å². The molecule has 0 bridgehead atoms. The van der Waals surface area contributed by atoms with Crippen LogP contribution in [0.4, 0.5) is 4.39 Å². The van der Waals surface area contributed by atoms with Crippen LogP contribution in [-0.4, -0.2) is 14.8 Å². The van der Waals surface area contributed by atoms with Gasteiger partial charge in [-0.3, -0.25) is 0 Å². The van der Waals surface area contributed by atoms with Crippen LogP contribution in [0.1, 0.15) is 25.2 Å². The van der Waals surface area contributed by atoms with Crippen LogP contribution in [0.5, 0.6) is 5.75 Å². The van der Waals surface area contributed by atoms with E-state index in [0.29, 0.717) is 18.3 Å². The Morgan fingerprint density at radius 2 is 2.20 bits per heavy atom. The molecule has 0 saturated heterocycles. The standard InChI is InChI=1S/C14H19FN4O/c1-10(2)7-19-14(17-9-18-19)8-20-13-4-3-11(6-16)5-12(13)15/h3-5,9-10H,6-8,16H2,1-2H3. The molecule has 0 spiro atoms. The third-order valence-corrected chi connectivity index (χ3v) is 2.82. The van der Waals surface area contributed by atoms with Crippen molar-refractivity contribution in [2.75, 3.05) is 0 Å². The Morgan fingerprint density at radius 3 is 2.85 bits per heavy atom. The molecular weight excluding hydrogens is 259 g/mol. The number of halogens is 1. The molecule has 0 amide bonds. The van der Waals surface area contributed by atoms with Gasteiger partial charge in [0.15, 0.2) is 17.4 Å². The SMILES string of the molecule is CC(C)Cn1ncnc1COc1ccc(CN)cc1F. The summed E-state index contributed by atoms with van der Waals surface area (Å²) in [4.78, 5) is 4.13. The van der Waals surface area contributed by atoms with Crippen molar-refractivity contribution in [3.05, 3.63) is 41.7 Å². The summed E-state index contributed by atoms with van der Waals surface area (Å²) in [5.41, 5.74) is 6.19. The van der Waals surface area contributed by atoms with Gasteiger partial charge in [-0.2, -0.15) is 5.10 Å². The zero-order valence-corrected chi connectivity index (χ0v) is 11.7. The largest absolute Gasteiger partial charge is 0.483 e. The lowest BCUT2D eigenvalue weighted by Gasteiger charge is -2.10. The van der Waals surface area contributed by atoms with E-state index in [4.69, 9.17) is 10.5 Å². The lowest BCUT2D eigenvalue weighted by molar-refractivity contribution is 0.269. The van der Waals surface area contributed by atoms with E-state index < -0.39 is 5.82 Å². The average molecular weight is 278 g/mol. The van der Waals surface area contributed by atoms with Crippen molar-refractivity contribution in [3.8, 4) is 5.75 Å². The molecule has 0 aliphatic rings. The molecule has 20 heavy (non-hydrogen) atoms. The summed E-state index contributed by atoms with van der Waals surface area (Å²) in [6.07, 6.45) is 1.48. The molecular formula is C14H19FN4O. The molecule has 0 radical (unpaired) electrons. The monoisotopic (exact) mass is 278 g/mol. The van der Waals surface area contributed by atoms with Gasteiger partial charge in [-0.25, -0.2) is 14.1 Å². The summed E-state index contributed by atoms with van der Waals surface area (Å²) in [5, 5.41) is 4.13. The first kappa shape index (κ1) is 14.5. The maximum Gasteiger partial charge on any atom is 0.165 e. The molecule has 0 atom stereocenters. The summed E-state index contributed by atoms with van der Waals surface area (Å²) in [6.45, 7) is 5.44. The highest BCUT2D eigenvalue weighted by molar-refractivity contribution is 5.29. The normalized spacial score (nSPS) is 11.1. The third kappa shape index (κ3) is 3.54. The minimum Gasteiger partial charge on any atom is -0.483 e. The average Bonchev–Trinajstić information content (AvgIpc) is 2.83. The number of aromatic nitrogens is 3. The summed E-state index contributed by atoms with van der Waals surface area (Å²) in [7, 11) is 0. The Hall–Kier alpha value is -1.95. The summed E-state index contributed by atoms with van der Waals surface area (Å²) in [6, 6.07) is 4.71. The molecule has 0 saturated carbocycles. The number of rotatable bonds is 6. The van der Waals surface area contributed by atoms with Crippen LogP contribution in [0.3, 0.4) is 0 Å². The molecule has 2 N–H and O–H groups in total. The van der Waals surface area contributed by atoms with E-state index in [2.05, 4.69) is 23.9 Å². The molecule has 5 nitrogen and oxygen atoms in total. The number of nitrogens with zero attached hydrogens (tertiary/aromatic N) is 3. The Morgan fingerprint density at radius 1 is 1.40 bits per heavy atom. The molecule has 2 aromatic rings. The first-order valence-electron chi connectivity index (χ1n) is 6.58. The van der Waals surface area contributed by atoms with Gasteiger partial charge in [0.05, 0.1) is 0 Å². The van der Waals surface area contributed by atoms with Crippen molar-refractivity contribution in [2.45, 2.75) is 33.5 Å². The van der Waals surface area contributed by atoms with Gasteiger partial charge in [0.25, 0.3) is 0 Å². The van der Waals surface area contributed by atoms with E-state index in [0.717, 1.165) is 12.1 Å². The molecule has 1 aromatic carbocycles. The first-order chi connectivity index (χ1) is 9.60. The van der Waals surface area contributed by atoms with Crippen molar-refractivity contribution in [1.82, 2.24) is 14.8 Å². The molecule has 1 aromatic heterocycles. The summed E-state index contributed by atoms with van der Waals surface area (Å²) >= 11 is 0. The Balaban J connectivity index is 2.03. The van der Waals surface area contributed by atoms with Crippen molar-refractivity contribution in [2.24, 2.45) is 11.7 Å². The Kier molecular flexibility index (Phi) is 4.68. The minimum absolute atomic E-state index is 0.186. The quantitative estimate of drug-likeness (QED) is 0.879. The van der Waals surface area contributed by atoms with Crippen molar-refractivity contribution in [3.63, 3.8) is 0 Å².